The number of amides is 1. The molecule has 1 aliphatic heterocycles. The number of rotatable bonds is 7. The fourth-order valence-electron chi connectivity index (χ4n) is 2.83. The number of hydrogen-bond acceptors (Lipinski definition) is 5. The third kappa shape index (κ3) is 5.09. The van der Waals surface area contributed by atoms with Gasteiger partial charge >= 0.3 is 0 Å². The molecule has 25 heavy (non-hydrogen) atoms. The molecule has 1 fully saturated rings. The summed E-state index contributed by atoms with van der Waals surface area (Å²) in [5.41, 5.74) is 0. The largest absolute Gasteiger partial charge is 0.464 e. The summed E-state index contributed by atoms with van der Waals surface area (Å²) in [6.07, 6.45) is 3.20. The first-order valence-electron chi connectivity index (χ1n) is 8.15. The van der Waals surface area contributed by atoms with E-state index >= 15 is 0 Å². The topological polar surface area (TPSA) is 58.6 Å². The van der Waals surface area contributed by atoms with E-state index in [-0.39, 0.29) is 11.7 Å². The zero-order valence-electron chi connectivity index (χ0n) is 13.6. The first-order chi connectivity index (χ1) is 12.1. The first kappa shape index (κ1) is 18.0. The molecule has 1 amide bonds. The zero-order valence-corrected chi connectivity index (χ0v) is 14.4. The van der Waals surface area contributed by atoms with Gasteiger partial charge < -0.3 is 19.1 Å². The summed E-state index contributed by atoms with van der Waals surface area (Å²) < 4.78 is 35.0. The van der Waals surface area contributed by atoms with Gasteiger partial charge in [0.2, 0.25) is 0 Å². The maximum Gasteiger partial charge on any atom is 0.289 e. The van der Waals surface area contributed by atoms with Crippen molar-refractivity contribution in [3.05, 3.63) is 47.8 Å². The standard InChI is InChI=1S/C17H20F2N2O3S/c18-17(19)25-11-14-4-3-13(24-14)10-20-12-5-7-21(8-6-12)16(22)15-2-1-9-23-15/h1-4,9,12,17,20H,5-8,10-11H2. The van der Waals surface area contributed by atoms with Gasteiger partial charge in [0.05, 0.1) is 18.6 Å². The molecule has 5 nitrogen and oxygen atoms in total. The van der Waals surface area contributed by atoms with E-state index in [0.29, 0.717) is 49.0 Å². The third-order valence-corrected chi connectivity index (χ3v) is 4.85. The van der Waals surface area contributed by atoms with Gasteiger partial charge in [-0.15, -0.1) is 0 Å². The van der Waals surface area contributed by atoms with Crippen LogP contribution in [0.2, 0.25) is 0 Å². The van der Waals surface area contributed by atoms with Crippen LogP contribution in [0.1, 0.15) is 34.9 Å². The number of likely N-dealkylation sites (tertiary alicyclic amines) is 1. The Kier molecular flexibility index (Phi) is 6.14. The van der Waals surface area contributed by atoms with Crippen molar-refractivity contribution in [2.24, 2.45) is 0 Å². The lowest BCUT2D eigenvalue weighted by Crippen LogP contribution is -2.44. The lowest BCUT2D eigenvalue weighted by molar-refractivity contribution is 0.0672. The number of piperidine rings is 1. The van der Waals surface area contributed by atoms with Crippen LogP contribution in [0.4, 0.5) is 8.78 Å². The van der Waals surface area contributed by atoms with E-state index in [4.69, 9.17) is 8.83 Å². The minimum absolute atomic E-state index is 0.0735. The van der Waals surface area contributed by atoms with Crippen molar-refractivity contribution in [3.8, 4) is 0 Å². The summed E-state index contributed by atoms with van der Waals surface area (Å²) >= 11 is 0.553. The molecular formula is C17H20F2N2O3S. The molecule has 1 aliphatic rings. The number of alkyl halides is 2. The van der Waals surface area contributed by atoms with Crippen molar-refractivity contribution in [2.45, 2.75) is 36.9 Å². The average molecular weight is 370 g/mol. The molecule has 8 heteroatoms. The highest BCUT2D eigenvalue weighted by atomic mass is 32.2. The molecule has 2 aromatic rings. The van der Waals surface area contributed by atoms with Gasteiger partial charge in [0, 0.05) is 19.1 Å². The maximum absolute atomic E-state index is 12.2. The van der Waals surface area contributed by atoms with Crippen molar-refractivity contribution < 1.29 is 22.4 Å². The summed E-state index contributed by atoms with van der Waals surface area (Å²) in [7, 11) is 0. The summed E-state index contributed by atoms with van der Waals surface area (Å²) in [6, 6.07) is 7.22. The number of thioether (sulfide) groups is 1. The quantitative estimate of drug-likeness (QED) is 0.805. The van der Waals surface area contributed by atoms with E-state index in [0.717, 1.165) is 18.6 Å². The number of furan rings is 2. The molecule has 3 rings (SSSR count). The Labute approximate surface area is 148 Å². The second-order valence-electron chi connectivity index (χ2n) is 5.86. The van der Waals surface area contributed by atoms with Gasteiger partial charge in [-0.1, -0.05) is 11.8 Å². The van der Waals surface area contributed by atoms with Crippen molar-refractivity contribution >= 4 is 17.7 Å². The van der Waals surface area contributed by atoms with Crippen LogP contribution in [-0.4, -0.2) is 35.7 Å². The highest BCUT2D eigenvalue weighted by Crippen LogP contribution is 2.21. The van der Waals surface area contributed by atoms with Crippen molar-refractivity contribution in [2.75, 3.05) is 13.1 Å². The van der Waals surface area contributed by atoms with Crippen LogP contribution in [-0.2, 0) is 12.3 Å². The van der Waals surface area contributed by atoms with Gasteiger partial charge in [-0.3, -0.25) is 4.79 Å². The Bertz CT molecular complexity index is 667. The molecule has 0 saturated carbocycles. The predicted molar refractivity (Wildman–Crippen MR) is 90.5 cm³/mol. The molecular weight excluding hydrogens is 350 g/mol. The highest BCUT2D eigenvalue weighted by molar-refractivity contribution is 7.98. The number of carbonyl (C=O) groups is 1. The van der Waals surface area contributed by atoms with Gasteiger partial charge in [0.15, 0.2) is 5.76 Å². The van der Waals surface area contributed by atoms with Gasteiger partial charge in [-0.2, -0.15) is 8.78 Å². The van der Waals surface area contributed by atoms with Gasteiger partial charge in [0.25, 0.3) is 11.7 Å². The first-order valence-corrected chi connectivity index (χ1v) is 9.20. The normalized spacial score (nSPS) is 15.9. The smallest absolute Gasteiger partial charge is 0.289 e. The number of nitrogens with zero attached hydrogens (tertiary/aromatic N) is 1. The molecule has 0 spiro atoms. The Morgan fingerprint density at radius 3 is 2.72 bits per heavy atom. The van der Waals surface area contributed by atoms with E-state index in [1.165, 1.54) is 6.26 Å². The summed E-state index contributed by atoms with van der Waals surface area (Å²) in [5, 5.41) is 3.40. The van der Waals surface area contributed by atoms with Gasteiger partial charge in [0.1, 0.15) is 11.5 Å². The number of halogens is 2. The van der Waals surface area contributed by atoms with Crippen molar-refractivity contribution in [3.63, 3.8) is 0 Å². The lowest BCUT2D eigenvalue weighted by Gasteiger charge is -2.31. The monoisotopic (exact) mass is 370 g/mol. The van der Waals surface area contributed by atoms with E-state index < -0.39 is 5.76 Å². The fourth-order valence-corrected chi connectivity index (χ4v) is 3.27. The zero-order chi connectivity index (χ0) is 17.6. The van der Waals surface area contributed by atoms with Crippen LogP contribution < -0.4 is 5.32 Å². The Morgan fingerprint density at radius 2 is 2.04 bits per heavy atom. The van der Waals surface area contributed by atoms with E-state index in [2.05, 4.69) is 5.32 Å². The van der Waals surface area contributed by atoms with Crippen LogP contribution in [0.15, 0.2) is 39.4 Å². The maximum atomic E-state index is 12.2. The van der Waals surface area contributed by atoms with E-state index in [1.54, 1.807) is 23.1 Å². The lowest BCUT2D eigenvalue weighted by atomic mass is 10.0. The molecule has 1 saturated heterocycles. The fraction of sp³-hybridized carbons (Fsp3) is 0.471. The Hall–Kier alpha value is -1.80. The van der Waals surface area contributed by atoms with Crippen LogP contribution in [0, 0.1) is 0 Å². The molecule has 0 radical (unpaired) electrons. The minimum atomic E-state index is -2.39. The van der Waals surface area contributed by atoms with Crippen molar-refractivity contribution in [1.29, 1.82) is 0 Å². The molecule has 0 aliphatic carbocycles. The molecule has 1 N–H and O–H groups in total. The second-order valence-corrected chi connectivity index (χ2v) is 6.84. The molecule has 2 aromatic heterocycles. The van der Waals surface area contributed by atoms with Crippen LogP contribution in [0.3, 0.4) is 0 Å². The summed E-state index contributed by atoms with van der Waals surface area (Å²) in [6.45, 7) is 1.90. The summed E-state index contributed by atoms with van der Waals surface area (Å²) in [5.74, 6) is -0.627. The van der Waals surface area contributed by atoms with Gasteiger partial charge in [-0.05, 0) is 37.1 Å². The average Bonchev–Trinajstić information content (AvgIpc) is 3.30. The van der Waals surface area contributed by atoms with E-state index in [1.807, 2.05) is 6.07 Å². The number of hydrogen-bond donors (Lipinski definition) is 1. The van der Waals surface area contributed by atoms with Crippen LogP contribution in [0.5, 0.6) is 0 Å². The van der Waals surface area contributed by atoms with E-state index in [9.17, 15) is 13.6 Å². The third-order valence-electron chi connectivity index (χ3n) is 4.15. The molecule has 0 bridgehead atoms. The second kappa shape index (κ2) is 8.53. The molecule has 3 heterocycles. The number of carbonyl (C=O) groups excluding carboxylic acids is 1. The summed E-state index contributed by atoms with van der Waals surface area (Å²) in [4.78, 5) is 14.0. The number of nitrogens with one attached hydrogen (secondary N) is 1. The van der Waals surface area contributed by atoms with Gasteiger partial charge in [-0.25, -0.2) is 0 Å². The Morgan fingerprint density at radius 1 is 1.28 bits per heavy atom. The predicted octanol–water partition coefficient (Wildman–Crippen LogP) is 3.72. The van der Waals surface area contributed by atoms with Crippen LogP contribution in [0.25, 0.3) is 0 Å². The Balaban J connectivity index is 1.40. The van der Waals surface area contributed by atoms with Crippen LogP contribution >= 0.6 is 11.8 Å². The molecule has 0 unspecified atom stereocenters. The minimum Gasteiger partial charge on any atom is -0.464 e. The highest BCUT2D eigenvalue weighted by Gasteiger charge is 2.24. The molecule has 0 aromatic carbocycles. The van der Waals surface area contributed by atoms with Crippen molar-refractivity contribution in [1.82, 2.24) is 10.2 Å². The molecule has 136 valence electrons. The SMILES string of the molecule is O=C(c1ccco1)N1CCC(NCc2ccc(CSC(F)F)o2)CC1. The molecule has 0 atom stereocenters.